The van der Waals surface area contributed by atoms with E-state index in [1.165, 1.54) is 0 Å². The molecule has 1 fully saturated rings. The van der Waals surface area contributed by atoms with Gasteiger partial charge in [0.1, 0.15) is 0 Å². The van der Waals surface area contributed by atoms with Crippen molar-refractivity contribution in [2.75, 3.05) is 18.1 Å². The number of carboxylic acids is 1. The first-order valence-electron chi connectivity index (χ1n) is 3.76. The summed E-state index contributed by atoms with van der Waals surface area (Å²) in [6, 6.07) is 0. The Morgan fingerprint density at radius 1 is 1.73 bits per heavy atom. The maximum atomic E-state index is 10.7. The smallest absolute Gasteiger partial charge is 0.307 e. The third-order valence-electron chi connectivity index (χ3n) is 2.12. The molecule has 0 aromatic heterocycles. The van der Waals surface area contributed by atoms with Crippen LogP contribution >= 0.6 is 11.8 Å². The van der Waals surface area contributed by atoms with Gasteiger partial charge >= 0.3 is 5.97 Å². The molecule has 1 rings (SSSR count). The topological polar surface area (TPSA) is 63.3 Å². The number of hydrogen-bond acceptors (Lipinski definition) is 3. The summed E-state index contributed by atoms with van der Waals surface area (Å²) in [4.78, 5) is 10.7. The van der Waals surface area contributed by atoms with E-state index in [9.17, 15) is 4.79 Å². The number of carboxylic acid groups (broad SMARTS) is 1. The van der Waals surface area contributed by atoms with Gasteiger partial charge in [0.05, 0.1) is 5.92 Å². The summed E-state index contributed by atoms with van der Waals surface area (Å²) < 4.78 is 0. The Kier molecular flexibility index (Phi) is 3.20. The highest BCUT2D eigenvalue weighted by molar-refractivity contribution is 7.99. The standard InChI is InChI=1S/C7H13NO2S/c8-3-5-1-2-11-4-6(5)7(9)10/h5-6H,1-4,8H2,(H,9,10)/t5-,6+/m0/s1. The van der Waals surface area contributed by atoms with Gasteiger partial charge in [-0.1, -0.05) is 0 Å². The first-order valence-corrected chi connectivity index (χ1v) is 4.91. The van der Waals surface area contributed by atoms with Crippen molar-refractivity contribution in [1.82, 2.24) is 0 Å². The van der Waals surface area contributed by atoms with Gasteiger partial charge in [-0.2, -0.15) is 11.8 Å². The van der Waals surface area contributed by atoms with Crippen LogP contribution in [0.1, 0.15) is 6.42 Å². The van der Waals surface area contributed by atoms with Crippen LogP contribution in [0, 0.1) is 11.8 Å². The van der Waals surface area contributed by atoms with Crippen LogP contribution in [0.5, 0.6) is 0 Å². The molecule has 2 atom stereocenters. The Hall–Kier alpha value is -0.220. The van der Waals surface area contributed by atoms with E-state index in [1.807, 2.05) is 0 Å². The molecule has 0 aliphatic carbocycles. The van der Waals surface area contributed by atoms with E-state index in [2.05, 4.69) is 0 Å². The molecular weight excluding hydrogens is 162 g/mol. The van der Waals surface area contributed by atoms with E-state index in [-0.39, 0.29) is 11.8 Å². The van der Waals surface area contributed by atoms with Crippen LogP contribution in [0.25, 0.3) is 0 Å². The molecule has 0 aromatic rings. The number of hydrogen-bond donors (Lipinski definition) is 2. The summed E-state index contributed by atoms with van der Waals surface area (Å²) in [6.07, 6.45) is 0.956. The van der Waals surface area contributed by atoms with E-state index in [4.69, 9.17) is 10.8 Å². The molecule has 3 nitrogen and oxygen atoms in total. The minimum absolute atomic E-state index is 0.203. The fraction of sp³-hybridized carbons (Fsp3) is 0.857. The normalized spacial score (nSPS) is 31.7. The summed E-state index contributed by atoms with van der Waals surface area (Å²) >= 11 is 1.71. The average molecular weight is 175 g/mol. The van der Waals surface area contributed by atoms with Crippen LogP contribution in [0.15, 0.2) is 0 Å². The molecule has 0 saturated carbocycles. The fourth-order valence-corrected chi connectivity index (χ4v) is 2.64. The van der Waals surface area contributed by atoms with Crippen LogP contribution in [-0.2, 0) is 4.79 Å². The molecule has 3 N–H and O–H groups in total. The Bertz CT molecular complexity index is 151. The quantitative estimate of drug-likeness (QED) is 0.637. The summed E-state index contributed by atoms with van der Waals surface area (Å²) in [5.74, 6) is 1.10. The first-order chi connectivity index (χ1) is 5.25. The summed E-state index contributed by atoms with van der Waals surface area (Å²) in [7, 11) is 0. The van der Waals surface area contributed by atoms with Crippen molar-refractivity contribution >= 4 is 17.7 Å². The predicted molar refractivity (Wildman–Crippen MR) is 45.6 cm³/mol. The molecule has 0 unspecified atom stereocenters. The van der Waals surface area contributed by atoms with E-state index < -0.39 is 5.97 Å². The van der Waals surface area contributed by atoms with Gasteiger partial charge in [0.25, 0.3) is 0 Å². The van der Waals surface area contributed by atoms with Crippen molar-refractivity contribution in [2.45, 2.75) is 6.42 Å². The monoisotopic (exact) mass is 175 g/mol. The largest absolute Gasteiger partial charge is 0.481 e. The maximum Gasteiger partial charge on any atom is 0.307 e. The molecule has 0 spiro atoms. The third-order valence-corrected chi connectivity index (χ3v) is 3.24. The molecule has 0 radical (unpaired) electrons. The highest BCUT2D eigenvalue weighted by Crippen LogP contribution is 2.27. The molecular formula is C7H13NO2S. The van der Waals surface area contributed by atoms with Gasteiger partial charge in [-0.05, 0) is 24.6 Å². The lowest BCUT2D eigenvalue weighted by Crippen LogP contribution is -2.34. The molecule has 1 saturated heterocycles. The van der Waals surface area contributed by atoms with Gasteiger partial charge in [-0.15, -0.1) is 0 Å². The van der Waals surface area contributed by atoms with E-state index in [1.54, 1.807) is 11.8 Å². The van der Waals surface area contributed by atoms with Crippen molar-refractivity contribution in [3.63, 3.8) is 0 Å². The Morgan fingerprint density at radius 3 is 2.91 bits per heavy atom. The zero-order valence-corrected chi connectivity index (χ0v) is 7.14. The summed E-state index contributed by atoms with van der Waals surface area (Å²) in [5, 5.41) is 8.77. The summed E-state index contributed by atoms with van der Waals surface area (Å²) in [6.45, 7) is 0.511. The van der Waals surface area contributed by atoms with Crippen LogP contribution in [0.4, 0.5) is 0 Å². The Morgan fingerprint density at radius 2 is 2.45 bits per heavy atom. The predicted octanol–water partition coefficient (Wildman–Crippen LogP) is 0.399. The number of aliphatic carboxylic acids is 1. The highest BCUT2D eigenvalue weighted by atomic mass is 32.2. The molecule has 1 aliphatic heterocycles. The van der Waals surface area contributed by atoms with E-state index >= 15 is 0 Å². The fourth-order valence-electron chi connectivity index (χ4n) is 1.34. The molecule has 0 bridgehead atoms. The molecule has 1 heterocycles. The van der Waals surface area contributed by atoms with Gasteiger partial charge in [-0.3, -0.25) is 4.79 Å². The van der Waals surface area contributed by atoms with Crippen molar-refractivity contribution in [1.29, 1.82) is 0 Å². The van der Waals surface area contributed by atoms with Gasteiger partial charge in [0.2, 0.25) is 0 Å². The average Bonchev–Trinajstić information content (AvgIpc) is 2.04. The van der Waals surface area contributed by atoms with Crippen LogP contribution < -0.4 is 5.73 Å². The molecule has 0 aromatic carbocycles. The van der Waals surface area contributed by atoms with Crippen molar-refractivity contribution in [3.05, 3.63) is 0 Å². The second kappa shape index (κ2) is 3.97. The van der Waals surface area contributed by atoms with Gasteiger partial charge in [-0.25, -0.2) is 0 Å². The Balaban J connectivity index is 2.51. The highest BCUT2D eigenvalue weighted by Gasteiger charge is 2.29. The number of carbonyl (C=O) groups is 1. The van der Waals surface area contributed by atoms with Crippen LogP contribution in [-0.4, -0.2) is 29.1 Å². The lowest BCUT2D eigenvalue weighted by molar-refractivity contribution is -0.142. The molecule has 11 heavy (non-hydrogen) atoms. The van der Waals surface area contributed by atoms with Gasteiger partial charge in [0.15, 0.2) is 0 Å². The third kappa shape index (κ3) is 2.10. The number of rotatable bonds is 2. The number of nitrogens with two attached hydrogens (primary N) is 1. The first kappa shape index (κ1) is 8.87. The SMILES string of the molecule is NC[C@@H]1CCSC[C@H]1C(=O)O. The zero-order valence-electron chi connectivity index (χ0n) is 6.32. The minimum Gasteiger partial charge on any atom is -0.481 e. The van der Waals surface area contributed by atoms with E-state index in [0.29, 0.717) is 6.54 Å². The van der Waals surface area contributed by atoms with Gasteiger partial charge < -0.3 is 10.8 Å². The Labute approximate surface area is 70.3 Å². The number of thioether (sulfide) groups is 1. The van der Waals surface area contributed by atoms with Crippen LogP contribution in [0.3, 0.4) is 0 Å². The molecule has 1 aliphatic rings. The van der Waals surface area contributed by atoms with Gasteiger partial charge in [0, 0.05) is 5.75 Å². The van der Waals surface area contributed by atoms with Crippen LogP contribution in [0.2, 0.25) is 0 Å². The summed E-state index contributed by atoms with van der Waals surface area (Å²) in [5.41, 5.74) is 5.46. The zero-order chi connectivity index (χ0) is 8.27. The molecule has 0 amide bonds. The van der Waals surface area contributed by atoms with Crippen molar-refractivity contribution in [3.8, 4) is 0 Å². The van der Waals surface area contributed by atoms with E-state index in [0.717, 1.165) is 17.9 Å². The molecule has 64 valence electrons. The maximum absolute atomic E-state index is 10.7. The minimum atomic E-state index is -0.687. The molecule has 4 heteroatoms. The second-order valence-electron chi connectivity index (χ2n) is 2.80. The van der Waals surface area contributed by atoms with Crippen molar-refractivity contribution in [2.24, 2.45) is 17.6 Å². The van der Waals surface area contributed by atoms with Crippen molar-refractivity contribution < 1.29 is 9.90 Å². The second-order valence-corrected chi connectivity index (χ2v) is 3.95. The lowest BCUT2D eigenvalue weighted by Gasteiger charge is -2.26. The lowest BCUT2D eigenvalue weighted by atomic mass is 9.91.